The summed E-state index contributed by atoms with van der Waals surface area (Å²) in [5.41, 5.74) is 2.65. The summed E-state index contributed by atoms with van der Waals surface area (Å²) in [5, 5.41) is 1.32. The van der Waals surface area contributed by atoms with Gasteiger partial charge in [0.15, 0.2) is 0 Å². The monoisotopic (exact) mass is 145 g/mol. The molecule has 0 saturated carbocycles. The summed E-state index contributed by atoms with van der Waals surface area (Å²) in [7, 11) is 1.69. The summed E-state index contributed by atoms with van der Waals surface area (Å²) in [5.74, 6) is 0.941. The number of hydrogen-bond donors (Lipinski definition) is 0. The largest absolute Gasteiger partial charge is 0.497 e. The summed E-state index contributed by atoms with van der Waals surface area (Å²) in [6.07, 6.45) is 2.13. The molecule has 0 fully saturated rings. The Kier molecular flexibility index (Phi) is 0.677. The number of hydrogen-bond acceptors (Lipinski definition) is 1. The van der Waals surface area contributed by atoms with Crippen molar-refractivity contribution >= 4 is 10.9 Å². The lowest BCUT2D eigenvalue weighted by molar-refractivity contribution is 0.415. The summed E-state index contributed by atoms with van der Waals surface area (Å²) in [6, 6.07) is 6.15. The molecule has 0 N–H and O–H groups in total. The molecule has 0 amide bonds. The molecule has 11 heavy (non-hydrogen) atoms. The molecule has 2 nitrogen and oxygen atoms in total. The fraction of sp³-hybridized carbons (Fsp3) is 0.111. The zero-order valence-corrected chi connectivity index (χ0v) is 6.16. The van der Waals surface area contributed by atoms with E-state index in [1.165, 1.54) is 16.6 Å². The molecule has 2 aliphatic heterocycles. The Morgan fingerprint density at radius 2 is 2.27 bits per heavy atom. The highest BCUT2D eigenvalue weighted by Crippen LogP contribution is 2.40. The summed E-state index contributed by atoms with van der Waals surface area (Å²) in [6.45, 7) is 0. The van der Waals surface area contributed by atoms with Gasteiger partial charge in [0.1, 0.15) is 5.75 Å². The number of ether oxygens (including phenoxy) is 1. The van der Waals surface area contributed by atoms with Crippen molar-refractivity contribution in [1.29, 1.82) is 0 Å². The maximum absolute atomic E-state index is 5.11. The van der Waals surface area contributed by atoms with Crippen molar-refractivity contribution in [3.63, 3.8) is 0 Å². The normalized spacial score (nSPS) is 12.1. The molecule has 0 aromatic heterocycles. The Bertz CT molecular complexity index is 442. The van der Waals surface area contributed by atoms with Gasteiger partial charge in [-0.3, -0.25) is 0 Å². The van der Waals surface area contributed by atoms with E-state index in [0.29, 0.717) is 0 Å². The van der Waals surface area contributed by atoms with Crippen molar-refractivity contribution < 1.29 is 4.74 Å². The van der Waals surface area contributed by atoms with Crippen LogP contribution in [-0.2, 0) is 0 Å². The van der Waals surface area contributed by atoms with Gasteiger partial charge < -0.3 is 9.30 Å². The Labute approximate surface area is 64.0 Å². The van der Waals surface area contributed by atoms with Crippen LogP contribution in [0.4, 0.5) is 0 Å². The van der Waals surface area contributed by atoms with E-state index in [9.17, 15) is 0 Å². The van der Waals surface area contributed by atoms with Crippen LogP contribution in [0.15, 0.2) is 24.4 Å². The van der Waals surface area contributed by atoms with Crippen molar-refractivity contribution in [2.24, 2.45) is 0 Å². The van der Waals surface area contributed by atoms with Crippen molar-refractivity contribution in [2.75, 3.05) is 7.11 Å². The van der Waals surface area contributed by atoms with Crippen LogP contribution in [-0.4, -0.2) is 11.7 Å². The third kappa shape index (κ3) is 0.485. The average molecular weight is 145 g/mol. The minimum absolute atomic E-state index is 0.941. The Morgan fingerprint density at radius 1 is 1.36 bits per heavy atom. The SMILES string of the molecule is COc1ccc2c(c1)c1cn2-1. The van der Waals surface area contributed by atoms with Gasteiger partial charge in [-0.15, -0.1) is 0 Å². The quantitative estimate of drug-likeness (QED) is 0.510. The van der Waals surface area contributed by atoms with Crippen molar-refractivity contribution in [3.05, 3.63) is 24.4 Å². The second kappa shape index (κ2) is 1.42. The second-order valence-electron chi connectivity index (χ2n) is 2.77. The molecule has 0 spiro atoms. The third-order valence-electron chi connectivity index (χ3n) is 2.18. The summed E-state index contributed by atoms with van der Waals surface area (Å²) < 4.78 is 7.28. The highest BCUT2D eigenvalue weighted by Gasteiger charge is 2.22. The molecule has 3 rings (SSSR count). The average Bonchev–Trinajstić information content (AvgIpc) is 2.74. The molecule has 54 valence electrons. The van der Waals surface area contributed by atoms with Gasteiger partial charge in [0.2, 0.25) is 0 Å². The van der Waals surface area contributed by atoms with E-state index in [0.717, 1.165) is 5.75 Å². The first-order chi connectivity index (χ1) is 5.40. The van der Waals surface area contributed by atoms with Gasteiger partial charge in [0.05, 0.1) is 18.3 Å². The number of aromatic nitrogens is 1. The van der Waals surface area contributed by atoms with Crippen LogP contribution < -0.4 is 4.74 Å². The predicted octanol–water partition coefficient (Wildman–Crippen LogP) is 1.95. The summed E-state index contributed by atoms with van der Waals surface area (Å²) in [4.78, 5) is 0. The number of nitrogens with zero attached hydrogens (tertiary/aromatic N) is 1. The number of rotatable bonds is 1. The zero-order chi connectivity index (χ0) is 7.42. The smallest absolute Gasteiger partial charge is 0.119 e. The fourth-order valence-corrected chi connectivity index (χ4v) is 1.50. The van der Waals surface area contributed by atoms with Gasteiger partial charge in [-0.2, -0.15) is 0 Å². The Morgan fingerprint density at radius 3 is 3.09 bits per heavy atom. The summed E-state index contributed by atoms with van der Waals surface area (Å²) >= 11 is 0. The van der Waals surface area contributed by atoms with Gasteiger partial charge in [0.25, 0.3) is 0 Å². The molecule has 0 radical (unpaired) electrons. The molecular weight excluding hydrogens is 138 g/mol. The molecule has 0 atom stereocenters. The van der Waals surface area contributed by atoms with Crippen LogP contribution in [0.2, 0.25) is 0 Å². The van der Waals surface area contributed by atoms with Crippen LogP contribution >= 0.6 is 0 Å². The topological polar surface area (TPSA) is 14.2 Å². The predicted molar refractivity (Wildman–Crippen MR) is 43.4 cm³/mol. The Hall–Kier alpha value is -1.44. The van der Waals surface area contributed by atoms with Crippen LogP contribution in [0.25, 0.3) is 16.6 Å². The highest BCUT2D eigenvalue weighted by molar-refractivity contribution is 6.01. The molecule has 0 saturated heterocycles. The van der Waals surface area contributed by atoms with Crippen LogP contribution in [0.1, 0.15) is 0 Å². The second-order valence-corrected chi connectivity index (χ2v) is 2.77. The van der Waals surface area contributed by atoms with E-state index < -0.39 is 0 Å². The van der Waals surface area contributed by atoms with Gasteiger partial charge >= 0.3 is 0 Å². The van der Waals surface area contributed by atoms with Gasteiger partial charge in [0, 0.05) is 11.6 Å². The molecular formula is C9H7NO. The number of fused-ring (bicyclic) bond motifs is 4. The number of benzene rings is 1. The molecule has 1 aromatic carbocycles. The maximum Gasteiger partial charge on any atom is 0.119 e. The van der Waals surface area contributed by atoms with Gasteiger partial charge in [-0.25, -0.2) is 0 Å². The zero-order valence-electron chi connectivity index (χ0n) is 6.16. The van der Waals surface area contributed by atoms with Crippen molar-refractivity contribution in [1.82, 2.24) is 4.57 Å². The molecule has 2 aliphatic rings. The van der Waals surface area contributed by atoms with Crippen LogP contribution in [0.5, 0.6) is 5.75 Å². The van der Waals surface area contributed by atoms with Crippen molar-refractivity contribution in [2.45, 2.75) is 0 Å². The minimum atomic E-state index is 0.941. The number of methoxy groups -OCH3 is 1. The molecule has 1 aromatic rings. The van der Waals surface area contributed by atoms with Gasteiger partial charge in [-0.1, -0.05) is 0 Å². The van der Waals surface area contributed by atoms with Crippen LogP contribution in [0, 0.1) is 0 Å². The highest BCUT2D eigenvalue weighted by atomic mass is 16.5. The maximum atomic E-state index is 5.11. The van der Waals surface area contributed by atoms with E-state index in [1.54, 1.807) is 7.11 Å². The lowest BCUT2D eigenvalue weighted by Crippen LogP contribution is -1.89. The first-order valence-corrected chi connectivity index (χ1v) is 3.59. The lowest BCUT2D eigenvalue weighted by Gasteiger charge is -2.06. The first-order valence-electron chi connectivity index (χ1n) is 3.59. The molecule has 2 heterocycles. The first kappa shape index (κ1) is 5.24. The van der Waals surface area contributed by atoms with E-state index in [-0.39, 0.29) is 0 Å². The van der Waals surface area contributed by atoms with E-state index in [1.807, 2.05) is 6.07 Å². The van der Waals surface area contributed by atoms with Crippen LogP contribution in [0.3, 0.4) is 0 Å². The third-order valence-corrected chi connectivity index (χ3v) is 2.18. The van der Waals surface area contributed by atoms with E-state index >= 15 is 0 Å². The van der Waals surface area contributed by atoms with Crippen molar-refractivity contribution in [3.8, 4) is 11.4 Å². The molecule has 2 heteroatoms. The van der Waals surface area contributed by atoms with E-state index in [2.05, 4.69) is 22.9 Å². The lowest BCUT2D eigenvalue weighted by atomic mass is 10.2. The Balaban J connectivity index is 2.34. The minimum Gasteiger partial charge on any atom is -0.497 e. The fourth-order valence-electron chi connectivity index (χ4n) is 1.50. The molecule has 0 bridgehead atoms. The molecule has 0 aliphatic carbocycles. The molecule has 0 unspecified atom stereocenters. The van der Waals surface area contributed by atoms with Gasteiger partial charge in [-0.05, 0) is 18.2 Å². The van der Waals surface area contributed by atoms with E-state index in [4.69, 9.17) is 4.74 Å². The standard InChI is InChI=1S/C9H7NO/c1-11-6-2-3-8-7(4-6)9-5-10(8)9/h2-5H,1H3.